The van der Waals surface area contributed by atoms with E-state index in [-0.39, 0.29) is 17.1 Å². The lowest BCUT2D eigenvalue weighted by molar-refractivity contribution is 0.245. The molecule has 2 rings (SSSR count). The molecule has 108 valence electrons. The van der Waals surface area contributed by atoms with Gasteiger partial charge in [0.1, 0.15) is 0 Å². The molecule has 0 unspecified atom stereocenters. The zero-order valence-electron chi connectivity index (χ0n) is 11.7. The van der Waals surface area contributed by atoms with Gasteiger partial charge in [-0.1, -0.05) is 0 Å². The Balaban J connectivity index is 2.36. The second-order valence-electron chi connectivity index (χ2n) is 5.19. The molecule has 1 aliphatic rings. The van der Waals surface area contributed by atoms with Crippen LogP contribution in [0.25, 0.3) is 0 Å². The molecule has 2 atom stereocenters. The van der Waals surface area contributed by atoms with Gasteiger partial charge in [-0.2, -0.15) is 9.40 Å². The van der Waals surface area contributed by atoms with Crippen LogP contribution < -0.4 is 5.73 Å². The fourth-order valence-electron chi connectivity index (χ4n) is 2.62. The lowest BCUT2D eigenvalue weighted by atomic mass is 10.0. The topological polar surface area (TPSA) is 81.2 Å². The van der Waals surface area contributed by atoms with Crippen LogP contribution in [0.5, 0.6) is 0 Å². The molecule has 19 heavy (non-hydrogen) atoms. The molecule has 0 bridgehead atoms. The molecule has 0 aromatic carbocycles. The molecule has 6 nitrogen and oxygen atoms in total. The summed E-state index contributed by atoms with van der Waals surface area (Å²) >= 11 is 0. The molecule has 1 saturated heterocycles. The Kier molecular flexibility index (Phi) is 3.98. The highest BCUT2D eigenvalue weighted by Gasteiger charge is 2.35. The van der Waals surface area contributed by atoms with Crippen LogP contribution in [0.2, 0.25) is 0 Å². The van der Waals surface area contributed by atoms with E-state index in [0.29, 0.717) is 25.9 Å². The Morgan fingerprint density at radius 1 is 1.53 bits per heavy atom. The van der Waals surface area contributed by atoms with Gasteiger partial charge in [0.05, 0.1) is 5.69 Å². The fourth-order valence-corrected chi connectivity index (χ4v) is 4.52. The van der Waals surface area contributed by atoms with Crippen LogP contribution in [0.1, 0.15) is 32.4 Å². The van der Waals surface area contributed by atoms with Crippen molar-refractivity contribution in [1.82, 2.24) is 14.1 Å². The van der Waals surface area contributed by atoms with Crippen molar-refractivity contribution in [2.24, 2.45) is 5.73 Å². The average molecular weight is 286 g/mol. The minimum Gasteiger partial charge on any atom is -0.328 e. The minimum atomic E-state index is -3.48. The van der Waals surface area contributed by atoms with E-state index in [4.69, 9.17) is 5.73 Å². The molecule has 7 heteroatoms. The van der Waals surface area contributed by atoms with Crippen molar-refractivity contribution in [3.05, 3.63) is 11.8 Å². The third kappa shape index (κ3) is 2.68. The molecule has 0 saturated carbocycles. The van der Waals surface area contributed by atoms with Gasteiger partial charge < -0.3 is 5.73 Å². The highest BCUT2D eigenvalue weighted by Crippen LogP contribution is 2.25. The van der Waals surface area contributed by atoms with Crippen LogP contribution in [0, 0.1) is 6.92 Å². The third-order valence-corrected chi connectivity index (χ3v) is 5.61. The molecule has 2 heterocycles. The maximum atomic E-state index is 12.7. The third-order valence-electron chi connectivity index (χ3n) is 3.59. The number of nitrogens with zero attached hydrogens (tertiary/aromatic N) is 3. The maximum absolute atomic E-state index is 12.7. The molecule has 0 radical (unpaired) electrons. The van der Waals surface area contributed by atoms with E-state index < -0.39 is 10.0 Å². The van der Waals surface area contributed by atoms with Gasteiger partial charge in [0.15, 0.2) is 5.03 Å². The summed E-state index contributed by atoms with van der Waals surface area (Å²) in [6, 6.07) is 1.67. The first kappa shape index (κ1) is 14.5. The highest BCUT2D eigenvalue weighted by molar-refractivity contribution is 7.89. The van der Waals surface area contributed by atoms with Gasteiger partial charge in [-0.3, -0.25) is 4.68 Å². The van der Waals surface area contributed by atoms with E-state index in [1.165, 1.54) is 0 Å². The standard InChI is InChI=1S/C12H22N4O2S/c1-4-15-12(7-9(2)14-15)19(17,18)16-6-5-11(13)8-10(16)3/h7,10-11H,4-6,8,13H2,1-3H3/t10-,11-/m1/s1. The van der Waals surface area contributed by atoms with E-state index in [0.717, 1.165) is 5.69 Å². The van der Waals surface area contributed by atoms with E-state index in [1.807, 2.05) is 13.8 Å². The van der Waals surface area contributed by atoms with E-state index in [1.54, 1.807) is 22.0 Å². The number of aryl methyl sites for hydroxylation is 2. The van der Waals surface area contributed by atoms with Gasteiger partial charge >= 0.3 is 0 Å². The second-order valence-corrected chi connectivity index (χ2v) is 7.03. The fraction of sp³-hybridized carbons (Fsp3) is 0.750. The molecule has 2 N–H and O–H groups in total. The summed E-state index contributed by atoms with van der Waals surface area (Å²) in [6.45, 7) is 6.64. The zero-order chi connectivity index (χ0) is 14.2. The number of sulfonamides is 1. The average Bonchev–Trinajstić information content (AvgIpc) is 2.70. The van der Waals surface area contributed by atoms with Gasteiger partial charge in [-0.25, -0.2) is 8.42 Å². The maximum Gasteiger partial charge on any atom is 0.260 e. The van der Waals surface area contributed by atoms with Crippen molar-refractivity contribution >= 4 is 10.0 Å². The van der Waals surface area contributed by atoms with Crippen molar-refractivity contribution in [1.29, 1.82) is 0 Å². The van der Waals surface area contributed by atoms with Crippen LogP contribution in [-0.4, -0.2) is 41.1 Å². The number of aromatic nitrogens is 2. The van der Waals surface area contributed by atoms with Crippen LogP contribution in [0.4, 0.5) is 0 Å². The molecule has 1 aromatic rings. The molecule has 1 fully saturated rings. The molecule has 1 aliphatic heterocycles. The summed E-state index contributed by atoms with van der Waals surface area (Å²) in [7, 11) is -3.48. The summed E-state index contributed by atoms with van der Waals surface area (Å²) in [5.41, 5.74) is 6.61. The Morgan fingerprint density at radius 2 is 2.21 bits per heavy atom. The first-order chi connectivity index (χ1) is 8.86. The summed E-state index contributed by atoms with van der Waals surface area (Å²) in [5, 5.41) is 4.50. The van der Waals surface area contributed by atoms with Crippen LogP contribution in [0.15, 0.2) is 11.1 Å². The van der Waals surface area contributed by atoms with Crippen molar-refractivity contribution in [2.45, 2.75) is 57.3 Å². The minimum absolute atomic E-state index is 0.0609. The lowest BCUT2D eigenvalue weighted by Gasteiger charge is -2.35. The van der Waals surface area contributed by atoms with Crippen LogP contribution in [0.3, 0.4) is 0 Å². The van der Waals surface area contributed by atoms with Gasteiger partial charge in [0.2, 0.25) is 0 Å². The number of nitrogens with two attached hydrogens (primary N) is 1. The molecule has 0 aliphatic carbocycles. The smallest absolute Gasteiger partial charge is 0.260 e. The summed E-state index contributed by atoms with van der Waals surface area (Å²) in [4.78, 5) is 0. The van der Waals surface area contributed by atoms with E-state index in [9.17, 15) is 8.42 Å². The monoisotopic (exact) mass is 286 g/mol. The second kappa shape index (κ2) is 5.22. The Morgan fingerprint density at radius 3 is 2.79 bits per heavy atom. The Labute approximate surface area is 114 Å². The Hall–Kier alpha value is -0.920. The molecule has 0 spiro atoms. The normalized spacial score (nSPS) is 25.7. The zero-order valence-corrected chi connectivity index (χ0v) is 12.5. The lowest BCUT2D eigenvalue weighted by Crippen LogP contribution is -2.48. The number of hydrogen-bond acceptors (Lipinski definition) is 4. The SMILES string of the molecule is CCn1nc(C)cc1S(=O)(=O)N1CC[C@@H](N)C[C@H]1C. The molecular formula is C12H22N4O2S. The van der Waals surface area contributed by atoms with Gasteiger partial charge in [-0.05, 0) is 39.7 Å². The van der Waals surface area contributed by atoms with Crippen LogP contribution >= 0.6 is 0 Å². The number of hydrogen-bond donors (Lipinski definition) is 1. The predicted molar refractivity (Wildman–Crippen MR) is 73.2 cm³/mol. The summed E-state index contributed by atoms with van der Waals surface area (Å²) in [6.07, 6.45) is 1.42. The van der Waals surface area contributed by atoms with Crippen molar-refractivity contribution in [2.75, 3.05) is 6.54 Å². The largest absolute Gasteiger partial charge is 0.328 e. The van der Waals surface area contributed by atoms with Crippen molar-refractivity contribution < 1.29 is 8.42 Å². The first-order valence-corrected chi connectivity index (χ1v) is 8.12. The Bertz CT molecular complexity index is 552. The van der Waals surface area contributed by atoms with Crippen molar-refractivity contribution in [3.63, 3.8) is 0 Å². The van der Waals surface area contributed by atoms with Crippen molar-refractivity contribution in [3.8, 4) is 0 Å². The van der Waals surface area contributed by atoms with Gasteiger partial charge in [0.25, 0.3) is 10.0 Å². The number of piperidine rings is 1. The summed E-state index contributed by atoms with van der Waals surface area (Å²) < 4.78 is 28.5. The molecule has 1 aromatic heterocycles. The van der Waals surface area contributed by atoms with E-state index >= 15 is 0 Å². The predicted octanol–water partition coefficient (Wildman–Crippen LogP) is 0.712. The van der Waals surface area contributed by atoms with Gasteiger partial charge in [-0.15, -0.1) is 0 Å². The molecule has 0 amide bonds. The summed E-state index contributed by atoms with van der Waals surface area (Å²) in [5.74, 6) is 0. The van der Waals surface area contributed by atoms with Gasteiger partial charge in [0, 0.05) is 25.2 Å². The first-order valence-electron chi connectivity index (χ1n) is 6.68. The quantitative estimate of drug-likeness (QED) is 0.887. The van der Waals surface area contributed by atoms with Crippen LogP contribution in [-0.2, 0) is 16.6 Å². The molecular weight excluding hydrogens is 264 g/mol. The number of rotatable bonds is 3. The highest BCUT2D eigenvalue weighted by atomic mass is 32.2. The van der Waals surface area contributed by atoms with E-state index in [2.05, 4.69) is 5.10 Å².